The van der Waals surface area contributed by atoms with Crippen molar-refractivity contribution in [3.63, 3.8) is 0 Å². The molecule has 0 aliphatic carbocycles. The Labute approximate surface area is 182 Å². The van der Waals surface area contributed by atoms with Crippen LogP contribution in [0.5, 0.6) is 0 Å². The maximum absolute atomic E-state index is 12.2. The fraction of sp³-hybridized carbons (Fsp3) is 0.519. The van der Waals surface area contributed by atoms with Crippen LogP contribution in [0.4, 0.5) is 0 Å². The van der Waals surface area contributed by atoms with Crippen molar-refractivity contribution < 1.29 is 14.6 Å². The van der Waals surface area contributed by atoms with Gasteiger partial charge in [-0.2, -0.15) is 0 Å². The highest BCUT2D eigenvalue weighted by Gasteiger charge is 2.08. The van der Waals surface area contributed by atoms with Gasteiger partial charge < -0.3 is 9.84 Å². The van der Waals surface area contributed by atoms with Gasteiger partial charge in [0.15, 0.2) is 0 Å². The van der Waals surface area contributed by atoms with Crippen LogP contribution >= 0.6 is 0 Å². The quantitative estimate of drug-likeness (QED) is 0.259. The molecule has 1 unspecified atom stereocenters. The molecule has 3 heteroatoms. The molecule has 0 fully saturated rings. The molecule has 0 aromatic heterocycles. The molecule has 164 valence electrons. The Hall–Kier alpha value is -2.13. The number of rotatable bonds is 14. The summed E-state index contributed by atoms with van der Waals surface area (Å²) in [5.41, 5.74) is 3.58. The van der Waals surface area contributed by atoms with Gasteiger partial charge in [-0.25, -0.2) is 4.79 Å². The summed E-state index contributed by atoms with van der Waals surface area (Å²) >= 11 is 0. The van der Waals surface area contributed by atoms with Crippen molar-refractivity contribution >= 4 is 5.97 Å². The van der Waals surface area contributed by atoms with E-state index in [2.05, 4.69) is 6.92 Å². The summed E-state index contributed by atoms with van der Waals surface area (Å²) in [7, 11) is 0. The number of aliphatic hydroxyl groups excluding tert-OH is 1. The van der Waals surface area contributed by atoms with E-state index >= 15 is 0 Å². The summed E-state index contributed by atoms with van der Waals surface area (Å²) in [6.07, 6.45) is 12.2. The average molecular weight is 411 g/mol. The summed E-state index contributed by atoms with van der Waals surface area (Å²) in [6.45, 7) is 4.50. The van der Waals surface area contributed by atoms with Crippen LogP contribution in [0.3, 0.4) is 0 Å². The summed E-state index contributed by atoms with van der Waals surface area (Å²) in [5, 5.41) is 9.61. The van der Waals surface area contributed by atoms with Crippen LogP contribution in [-0.2, 0) is 4.74 Å². The predicted molar refractivity (Wildman–Crippen MR) is 125 cm³/mol. The first-order valence-corrected chi connectivity index (χ1v) is 11.7. The number of esters is 1. The van der Waals surface area contributed by atoms with E-state index in [1.54, 1.807) is 6.92 Å². The molecule has 0 aliphatic heterocycles. The first kappa shape index (κ1) is 24.1. The topological polar surface area (TPSA) is 46.5 Å². The zero-order chi connectivity index (χ0) is 21.6. The van der Waals surface area contributed by atoms with Crippen LogP contribution in [0.2, 0.25) is 0 Å². The van der Waals surface area contributed by atoms with E-state index in [9.17, 15) is 9.90 Å². The molecule has 1 N–H and O–H groups in total. The minimum Gasteiger partial charge on any atom is -0.462 e. The highest BCUT2D eigenvalue weighted by atomic mass is 16.5. The van der Waals surface area contributed by atoms with Gasteiger partial charge in [-0.15, -0.1) is 0 Å². The minimum absolute atomic E-state index is 0.248. The molecule has 2 rings (SSSR count). The molecule has 0 spiro atoms. The normalized spacial score (nSPS) is 12.0. The standard InChI is InChI=1S/C27H38O3/c1-3-4-5-6-7-8-9-10-11-12-21-30-27(29)26-19-17-25(18-20-26)24-15-13-23(14-16-24)22(2)28/h13-20,22,28H,3-12,21H2,1-2H3. The maximum Gasteiger partial charge on any atom is 0.338 e. The van der Waals surface area contributed by atoms with Gasteiger partial charge >= 0.3 is 5.97 Å². The number of carbonyl (C=O) groups is 1. The highest BCUT2D eigenvalue weighted by Crippen LogP contribution is 2.22. The molecule has 3 nitrogen and oxygen atoms in total. The Kier molecular flexibility index (Phi) is 11.2. The van der Waals surface area contributed by atoms with Gasteiger partial charge in [-0.05, 0) is 42.2 Å². The second-order valence-corrected chi connectivity index (χ2v) is 8.19. The molecule has 0 saturated heterocycles. The second-order valence-electron chi connectivity index (χ2n) is 8.19. The molecule has 2 aromatic rings. The van der Waals surface area contributed by atoms with Crippen molar-refractivity contribution in [1.29, 1.82) is 0 Å². The third-order valence-corrected chi connectivity index (χ3v) is 5.58. The number of benzene rings is 2. The summed E-state index contributed by atoms with van der Waals surface area (Å²) in [5.74, 6) is -0.248. The Bertz CT molecular complexity index is 717. The van der Waals surface area contributed by atoms with Gasteiger partial charge in [0.25, 0.3) is 0 Å². The molecule has 0 heterocycles. The van der Waals surface area contributed by atoms with Gasteiger partial charge in [-0.1, -0.05) is 101 Å². The van der Waals surface area contributed by atoms with Crippen molar-refractivity contribution in [3.8, 4) is 11.1 Å². The van der Waals surface area contributed by atoms with Crippen molar-refractivity contribution in [2.45, 2.75) is 84.2 Å². The van der Waals surface area contributed by atoms with Crippen molar-refractivity contribution in [2.75, 3.05) is 6.61 Å². The van der Waals surface area contributed by atoms with Gasteiger partial charge in [0.1, 0.15) is 0 Å². The third-order valence-electron chi connectivity index (χ3n) is 5.58. The summed E-state index contributed by atoms with van der Waals surface area (Å²) < 4.78 is 5.42. The van der Waals surface area contributed by atoms with E-state index in [-0.39, 0.29) is 5.97 Å². The van der Waals surface area contributed by atoms with E-state index < -0.39 is 6.10 Å². The molecule has 2 aromatic carbocycles. The highest BCUT2D eigenvalue weighted by molar-refractivity contribution is 5.90. The molecule has 0 saturated carbocycles. The molecular weight excluding hydrogens is 372 g/mol. The van der Waals surface area contributed by atoms with E-state index in [4.69, 9.17) is 4.74 Å². The molecular formula is C27H38O3. The van der Waals surface area contributed by atoms with E-state index in [0.29, 0.717) is 12.2 Å². The lowest BCUT2D eigenvalue weighted by atomic mass is 10.0. The van der Waals surface area contributed by atoms with Crippen molar-refractivity contribution in [3.05, 3.63) is 59.7 Å². The monoisotopic (exact) mass is 410 g/mol. The van der Waals surface area contributed by atoms with Crippen LogP contribution in [0.25, 0.3) is 11.1 Å². The fourth-order valence-electron chi connectivity index (χ4n) is 3.59. The zero-order valence-electron chi connectivity index (χ0n) is 18.7. The number of unbranched alkanes of at least 4 members (excludes halogenated alkanes) is 9. The van der Waals surface area contributed by atoms with Gasteiger partial charge in [0.2, 0.25) is 0 Å². The van der Waals surface area contributed by atoms with Crippen molar-refractivity contribution in [1.82, 2.24) is 0 Å². The number of ether oxygens (including phenoxy) is 1. The van der Waals surface area contributed by atoms with E-state index in [0.717, 1.165) is 29.5 Å². The Morgan fingerprint density at radius 3 is 1.73 bits per heavy atom. The third kappa shape index (κ3) is 8.71. The van der Waals surface area contributed by atoms with Crippen LogP contribution in [-0.4, -0.2) is 17.7 Å². The molecule has 0 amide bonds. The SMILES string of the molecule is CCCCCCCCCCCCOC(=O)c1ccc(-c2ccc(C(C)O)cc2)cc1. The van der Waals surface area contributed by atoms with Crippen LogP contribution in [0.1, 0.15) is 100 Å². The van der Waals surface area contributed by atoms with Crippen LogP contribution in [0.15, 0.2) is 48.5 Å². The lowest BCUT2D eigenvalue weighted by Crippen LogP contribution is -2.06. The van der Waals surface area contributed by atoms with Crippen molar-refractivity contribution in [2.24, 2.45) is 0 Å². The number of hydrogen-bond acceptors (Lipinski definition) is 3. The zero-order valence-corrected chi connectivity index (χ0v) is 18.7. The molecule has 0 bridgehead atoms. The molecule has 30 heavy (non-hydrogen) atoms. The Morgan fingerprint density at radius 1 is 0.767 bits per heavy atom. The smallest absolute Gasteiger partial charge is 0.338 e. The van der Waals surface area contributed by atoms with E-state index in [1.807, 2.05) is 48.5 Å². The predicted octanol–water partition coefficient (Wildman–Crippen LogP) is 7.48. The largest absolute Gasteiger partial charge is 0.462 e. The fourth-order valence-corrected chi connectivity index (χ4v) is 3.59. The molecule has 0 aliphatic rings. The van der Waals surface area contributed by atoms with E-state index in [1.165, 1.54) is 51.4 Å². The van der Waals surface area contributed by atoms with Gasteiger partial charge in [-0.3, -0.25) is 0 Å². The molecule has 1 atom stereocenters. The maximum atomic E-state index is 12.2. The summed E-state index contributed by atoms with van der Waals surface area (Å²) in [4.78, 5) is 12.2. The van der Waals surface area contributed by atoms with Crippen LogP contribution < -0.4 is 0 Å². The Morgan fingerprint density at radius 2 is 1.23 bits per heavy atom. The first-order chi connectivity index (χ1) is 14.6. The minimum atomic E-state index is -0.466. The first-order valence-electron chi connectivity index (χ1n) is 11.7. The van der Waals surface area contributed by atoms with Crippen LogP contribution in [0, 0.1) is 0 Å². The van der Waals surface area contributed by atoms with Gasteiger partial charge in [0.05, 0.1) is 18.3 Å². The average Bonchev–Trinajstić information content (AvgIpc) is 2.77. The number of hydrogen-bond donors (Lipinski definition) is 1. The summed E-state index contributed by atoms with van der Waals surface area (Å²) in [6, 6.07) is 15.3. The number of aliphatic hydroxyl groups is 1. The lowest BCUT2D eigenvalue weighted by Gasteiger charge is -2.08. The lowest BCUT2D eigenvalue weighted by molar-refractivity contribution is 0.0497. The molecule has 0 radical (unpaired) electrons. The number of carbonyl (C=O) groups excluding carboxylic acids is 1. The van der Waals surface area contributed by atoms with Gasteiger partial charge in [0, 0.05) is 0 Å². The second kappa shape index (κ2) is 14.0. The Balaban J connectivity index is 1.63.